The maximum Gasteiger partial charge on any atom is 0.191 e. The van der Waals surface area contributed by atoms with Gasteiger partial charge in [-0.1, -0.05) is 6.07 Å². The maximum atomic E-state index is 4.61. The van der Waals surface area contributed by atoms with Gasteiger partial charge in [-0.2, -0.15) is 0 Å². The van der Waals surface area contributed by atoms with E-state index in [0.29, 0.717) is 12.6 Å². The van der Waals surface area contributed by atoms with Gasteiger partial charge in [-0.3, -0.25) is 4.99 Å². The lowest BCUT2D eigenvalue weighted by Crippen LogP contribution is -2.42. The van der Waals surface area contributed by atoms with Crippen LogP contribution in [0.4, 0.5) is 0 Å². The first-order valence-corrected chi connectivity index (χ1v) is 9.33. The monoisotopic (exact) mass is 483 g/mol. The number of aromatic amines is 1. The molecule has 0 spiro atoms. The third kappa shape index (κ3) is 5.44. The second-order valence-electron chi connectivity index (χ2n) is 6.39. The van der Waals surface area contributed by atoms with Crippen LogP contribution < -0.4 is 10.6 Å². The van der Waals surface area contributed by atoms with E-state index in [-0.39, 0.29) is 24.0 Å². The van der Waals surface area contributed by atoms with Crippen molar-refractivity contribution in [2.24, 2.45) is 4.99 Å². The van der Waals surface area contributed by atoms with Gasteiger partial charge < -0.3 is 15.6 Å². The van der Waals surface area contributed by atoms with Gasteiger partial charge in [0.2, 0.25) is 0 Å². The normalized spacial score (nSPS) is 12.7. The number of aromatic nitrogens is 2. The van der Waals surface area contributed by atoms with Crippen LogP contribution in [0.25, 0.3) is 11.0 Å². The zero-order valence-electron chi connectivity index (χ0n) is 15.6. The first-order valence-electron chi connectivity index (χ1n) is 8.51. The minimum absolute atomic E-state index is 0. The molecule has 0 saturated heterocycles. The van der Waals surface area contributed by atoms with Crippen LogP contribution in [0.1, 0.15) is 28.1 Å². The van der Waals surface area contributed by atoms with E-state index in [2.05, 4.69) is 70.6 Å². The summed E-state index contributed by atoms with van der Waals surface area (Å²) in [5, 5.41) is 6.77. The molecule has 140 valence electrons. The lowest BCUT2D eigenvalue weighted by molar-refractivity contribution is 0.642. The SMILES string of the molecule is CN=C(NCc1nc2ccc(C)cc2[nH]1)NC(C)Cc1ccc(C)s1.I. The van der Waals surface area contributed by atoms with Crippen molar-refractivity contribution in [3.05, 3.63) is 51.5 Å². The highest BCUT2D eigenvalue weighted by Crippen LogP contribution is 2.16. The first-order chi connectivity index (χ1) is 12.0. The zero-order chi connectivity index (χ0) is 17.8. The summed E-state index contributed by atoms with van der Waals surface area (Å²) in [6.07, 6.45) is 0.989. The van der Waals surface area contributed by atoms with Crippen molar-refractivity contribution < 1.29 is 0 Å². The van der Waals surface area contributed by atoms with Gasteiger partial charge in [-0.05, 0) is 50.6 Å². The van der Waals surface area contributed by atoms with Gasteiger partial charge in [0.1, 0.15) is 5.82 Å². The molecule has 0 fully saturated rings. The summed E-state index contributed by atoms with van der Waals surface area (Å²) in [5.41, 5.74) is 3.29. The van der Waals surface area contributed by atoms with Gasteiger partial charge in [0.15, 0.2) is 5.96 Å². The smallest absolute Gasteiger partial charge is 0.191 e. The van der Waals surface area contributed by atoms with E-state index in [1.807, 2.05) is 17.4 Å². The molecule has 0 radical (unpaired) electrons. The van der Waals surface area contributed by atoms with Crippen molar-refractivity contribution in [3.8, 4) is 0 Å². The second kappa shape index (κ2) is 9.36. The van der Waals surface area contributed by atoms with Gasteiger partial charge >= 0.3 is 0 Å². The fraction of sp³-hybridized carbons (Fsp3) is 0.368. The number of fused-ring (bicyclic) bond motifs is 1. The van der Waals surface area contributed by atoms with E-state index in [4.69, 9.17) is 0 Å². The number of rotatable bonds is 5. The Morgan fingerprint density at radius 3 is 2.77 bits per heavy atom. The number of thiophene rings is 1. The third-order valence-electron chi connectivity index (χ3n) is 4.02. The summed E-state index contributed by atoms with van der Waals surface area (Å²) in [6, 6.07) is 10.9. The Kier molecular flexibility index (Phi) is 7.45. The molecule has 3 N–H and O–H groups in total. The number of hydrogen-bond acceptors (Lipinski definition) is 3. The predicted molar refractivity (Wildman–Crippen MR) is 122 cm³/mol. The fourth-order valence-corrected chi connectivity index (χ4v) is 3.82. The minimum atomic E-state index is 0. The molecule has 3 rings (SSSR count). The number of aliphatic imine (C=N–C) groups is 1. The molecule has 1 unspecified atom stereocenters. The molecule has 2 heterocycles. The molecule has 7 heteroatoms. The summed E-state index contributed by atoms with van der Waals surface area (Å²) >= 11 is 1.85. The Balaban J connectivity index is 0.00000243. The average Bonchev–Trinajstić information content (AvgIpc) is 3.16. The van der Waals surface area contributed by atoms with Gasteiger partial charge in [-0.15, -0.1) is 35.3 Å². The highest BCUT2D eigenvalue weighted by Gasteiger charge is 2.09. The number of hydrogen-bond donors (Lipinski definition) is 3. The van der Waals surface area contributed by atoms with Crippen LogP contribution in [-0.4, -0.2) is 29.0 Å². The topological polar surface area (TPSA) is 65.1 Å². The number of nitrogens with zero attached hydrogens (tertiary/aromatic N) is 2. The van der Waals surface area contributed by atoms with E-state index in [1.54, 1.807) is 7.05 Å². The summed E-state index contributed by atoms with van der Waals surface area (Å²) in [4.78, 5) is 15.0. The van der Waals surface area contributed by atoms with Crippen LogP contribution in [0.5, 0.6) is 0 Å². The van der Waals surface area contributed by atoms with Gasteiger partial charge in [0, 0.05) is 29.3 Å². The molecule has 0 aliphatic carbocycles. The molecule has 3 aromatic rings. The summed E-state index contributed by atoms with van der Waals surface area (Å²) in [5.74, 6) is 1.70. The number of H-pyrrole nitrogens is 1. The molecular weight excluding hydrogens is 457 g/mol. The molecule has 0 aliphatic rings. The van der Waals surface area contributed by atoms with Crippen molar-refractivity contribution in [2.75, 3.05) is 7.05 Å². The molecule has 0 amide bonds. The van der Waals surface area contributed by atoms with Crippen molar-refractivity contribution in [2.45, 2.75) is 39.8 Å². The van der Waals surface area contributed by atoms with E-state index >= 15 is 0 Å². The average molecular weight is 483 g/mol. The lowest BCUT2D eigenvalue weighted by atomic mass is 10.2. The van der Waals surface area contributed by atoms with Gasteiger partial charge in [-0.25, -0.2) is 4.98 Å². The molecule has 0 saturated carbocycles. The highest BCUT2D eigenvalue weighted by molar-refractivity contribution is 14.0. The maximum absolute atomic E-state index is 4.61. The number of halogens is 1. The molecular formula is C19H26IN5S. The van der Waals surface area contributed by atoms with Crippen LogP contribution in [-0.2, 0) is 13.0 Å². The Morgan fingerprint density at radius 1 is 1.27 bits per heavy atom. The number of nitrogens with one attached hydrogen (secondary N) is 3. The molecule has 1 atom stereocenters. The standard InChI is InChI=1S/C19H25N5S.HI/c1-12-5-8-16-17(9-12)24-18(23-16)11-21-19(20-4)22-13(2)10-15-7-6-14(3)25-15;/h5-9,13H,10-11H2,1-4H3,(H,23,24)(H2,20,21,22);1H. The van der Waals surface area contributed by atoms with Crippen molar-refractivity contribution in [1.29, 1.82) is 0 Å². The fourth-order valence-electron chi connectivity index (χ4n) is 2.80. The van der Waals surface area contributed by atoms with Crippen LogP contribution in [0.15, 0.2) is 35.3 Å². The van der Waals surface area contributed by atoms with Crippen LogP contribution in [0.3, 0.4) is 0 Å². The van der Waals surface area contributed by atoms with E-state index in [1.165, 1.54) is 15.3 Å². The third-order valence-corrected chi connectivity index (χ3v) is 5.04. The quantitative estimate of drug-likeness (QED) is 0.290. The van der Waals surface area contributed by atoms with Crippen LogP contribution in [0, 0.1) is 13.8 Å². The van der Waals surface area contributed by atoms with Gasteiger partial charge in [0.25, 0.3) is 0 Å². The summed E-state index contributed by atoms with van der Waals surface area (Å²) in [7, 11) is 1.79. The minimum Gasteiger partial charge on any atom is -0.354 e. The number of guanidine groups is 1. The number of aryl methyl sites for hydroxylation is 2. The Morgan fingerprint density at radius 2 is 2.08 bits per heavy atom. The molecule has 1 aromatic carbocycles. The molecule has 0 aliphatic heterocycles. The predicted octanol–water partition coefficient (Wildman–Crippen LogP) is 4.16. The van der Waals surface area contributed by atoms with E-state index in [0.717, 1.165) is 29.2 Å². The van der Waals surface area contributed by atoms with E-state index < -0.39 is 0 Å². The number of imidazole rings is 1. The summed E-state index contributed by atoms with van der Waals surface area (Å²) in [6.45, 7) is 7.01. The number of benzene rings is 1. The molecule has 26 heavy (non-hydrogen) atoms. The second-order valence-corrected chi connectivity index (χ2v) is 7.76. The Bertz CT molecular complexity index is 883. The Hall–Kier alpha value is -1.61. The van der Waals surface area contributed by atoms with Crippen molar-refractivity contribution in [3.63, 3.8) is 0 Å². The van der Waals surface area contributed by atoms with Crippen molar-refractivity contribution in [1.82, 2.24) is 20.6 Å². The molecule has 0 bridgehead atoms. The van der Waals surface area contributed by atoms with Crippen molar-refractivity contribution >= 4 is 52.3 Å². The highest BCUT2D eigenvalue weighted by atomic mass is 127. The largest absolute Gasteiger partial charge is 0.354 e. The van der Waals surface area contributed by atoms with Crippen LogP contribution >= 0.6 is 35.3 Å². The Labute approximate surface area is 175 Å². The zero-order valence-corrected chi connectivity index (χ0v) is 18.7. The first kappa shape index (κ1) is 20.7. The lowest BCUT2D eigenvalue weighted by Gasteiger charge is -2.17. The van der Waals surface area contributed by atoms with Gasteiger partial charge in [0.05, 0.1) is 17.6 Å². The van der Waals surface area contributed by atoms with Crippen LogP contribution in [0.2, 0.25) is 0 Å². The molecule has 2 aromatic heterocycles. The molecule has 5 nitrogen and oxygen atoms in total. The summed E-state index contributed by atoms with van der Waals surface area (Å²) < 4.78 is 0. The van der Waals surface area contributed by atoms with E-state index in [9.17, 15) is 0 Å².